The number of aromatic nitrogens is 4. The number of carbonyl (C=O) groups is 2. The zero-order chi connectivity index (χ0) is 35.3. The lowest BCUT2D eigenvalue weighted by Gasteiger charge is -2.24. The molecule has 1 saturated carbocycles. The molecule has 258 valence electrons. The lowest BCUT2D eigenvalue weighted by Crippen LogP contribution is -2.35. The average molecular weight is 694 g/mol. The van der Waals surface area contributed by atoms with E-state index in [9.17, 15) is 23.1 Å². The van der Waals surface area contributed by atoms with Gasteiger partial charge in [0, 0.05) is 34.4 Å². The summed E-state index contributed by atoms with van der Waals surface area (Å²) in [5.41, 5.74) is 7.63. The first kappa shape index (κ1) is 33.3. The second-order valence-corrected chi connectivity index (χ2v) is 15.6. The van der Waals surface area contributed by atoms with Crippen molar-refractivity contribution in [1.29, 1.82) is 0 Å². The first-order valence-electron chi connectivity index (χ1n) is 16.8. The van der Waals surface area contributed by atoms with E-state index in [1.807, 2.05) is 37.3 Å². The second-order valence-electron chi connectivity index (χ2n) is 13.3. The Labute approximate surface area is 290 Å². The lowest BCUT2D eigenvalue weighted by molar-refractivity contribution is 0.0696. The van der Waals surface area contributed by atoms with E-state index in [4.69, 9.17) is 4.74 Å². The fourth-order valence-corrected chi connectivity index (χ4v) is 7.94. The van der Waals surface area contributed by atoms with Gasteiger partial charge in [-0.2, -0.15) is 5.10 Å². The normalized spacial score (nSPS) is 14.9. The van der Waals surface area contributed by atoms with Gasteiger partial charge in [-0.25, -0.2) is 22.6 Å². The van der Waals surface area contributed by atoms with Crippen LogP contribution in [0.4, 0.5) is 0 Å². The molecule has 1 fully saturated rings. The molecule has 5 aromatic rings. The zero-order valence-corrected chi connectivity index (χ0v) is 29.3. The number of carboxylic acid groups (broad SMARTS) is 1. The number of rotatable bonds is 8. The van der Waals surface area contributed by atoms with Crippen LogP contribution >= 0.6 is 0 Å². The van der Waals surface area contributed by atoms with Crippen LogP contribution in [0.5, 0.6) is 5.75 Å². The molecule has 2 aromatic carbocycles. The molecule has 1 aliphatic carbocycles. The van der Waals surface area contributed by atoms with Crippen LogP contribution in [0.15, 0.2) is 61.1 Å². The number of methoxy groups -OCH3 is 1. The van der Waals surface area contributed by atoms with Crippen LogP contribution in [0.25, 0.3) is 39.5 Å². The number of benzene rings is 2. The highest BCUT2D eigenvalue weighted by Crippen LogP contribution is 2.48. The van der Waals surface area contributed by atoms with E-state index in [0.29, 0.717) is 22.7 Å². The van der Waals surface area contributed by atoms with E-state index in [2.05, 4.69) is 19.4 Å². The third kappa shape index (κ3) is 5.77. The number of carboxylic acids is 1. The molecule has 3 aromatic heterocycles. The van der Waals surface area contributed by atoms with Gasteiger partial charge in [-0.3, -0.25) is 9.78 Å². The smallest absolute Gasteiger partial charge is 0.339 e. The summed E-state index contributed by atoms with van der Waals surface area (Å²) in [7, 11) is -2.25. The molecule has 11 nitrogen and oxygen atoms in total. The largest absolute Gasteiger partial charge is 0.497 e. The maximum absolute atomic E-state index is 13.4. The van der Waals surface area contributed by atoms with Crippen LogP contribution < -0.4 is 9.46 Å². The van der Waals surface area contributed by atoms with Crippen molar-refractivity contribution < 1.29 is 27.9 Å². The zero-order valence-electron chi connectivity index (χ0n) is 28.4. The van der Waals surface area contributed by atoms with Gasteiger partial charge in [0.25, 0.3) is 5.91 Å². The number of carbonyl (C=O) groups excluding carboxylic acids is 1. The fourth-order valence-electron chi connectivity index (χ4n) is 7.33. The molecule has 1 amide bonds. The van der Waals surface area contributed by atoms with Crippen LogP contribution in [0, 0.1) is 6.92 Å². The molecule has 7 rings (SSSR count). The highest BCUT2D eigenvalue weighted by molar-refractivity contribution is 7.90. The van der Waals surface area contributed by atoms with E-state index in [0.717, 1.165) is 59.0 Å². The molecule has 1 aliphatic heterocycles. The SMILES string of the molecule is COc1ccc2c(c1)C=C(c1c(C(=O)O)cnn1-c1ccncc1C)Cn1c-2c(C2CCCCC2)c2ccc(C(=O)NS(=O)(=O)C(C)C)cc21. The van der Waals surface area contributed by atoms with E-state index in [-0.39, 0.29) is 23.6 Å². The Bertz CT molecular complexity index is 2310. The van der Waals surface area contributed by atoms with Gasteiger partial charge in [0.05, 0.1) is 42.2 Å². The van der Waals surface area contributed by atoms with Gasteiger partial charge in [-0.05, 0) is 104 Å². The van der Waals surface area contributed by atoms with Crippen LogP contribution in [0.3, 0.4) is 0 Å². The van der Waals surface area contributed by atoms with Gasteiger partial charge >= 0.3 is 5.97 Å². The van der Waals surface area contributed by atoms with Gasteiger partial charge in [0.2, 0.25) is 10.0 Å². The number of aryl methyl sites for hydroxylation is 1. The Hall–Kier alpha value is -5.23. The molecule has 0 atom stereocenters. The standard InChI is InChI=1S/C38H39N5O6S/c1-22(2)50(47,48)41-37(44)25-10-12-30-33(18-25)42-21-27(35-31(38(45)46)20-40-43(35)32-14-15-39-19-23(32)3)16-26-17-28(49-4)11-13-29(26)36(42)34(30)24-8-6-5-7-9-24/h10-20,22,24H,5-9,21H2,1-4H3,(H,41,44)(H,45,46). The van der Waals surface area contributed by atoms with Crippen molar-refractivity contribution in [2.45, 2.75) is 70.6 Å². The number of pyridine rings is 1. The predicted octanol–water partition coefficient (Wildman–Crippen LogP) is 6.97. The highest BCUT2D eigenvalue weighted by Gasteiger charge is 2.32. The Morgan fingerprint density at radius 1 is 1.02 bits per heavy atom. The van der Waals surface area contributed by atoms with Crippen molar-refractivity contribution in [1.82, 2.24) is 24.1 Å². The third-order valence-corrected chi connectivity index (χ3v) is 11.6. The van der Waals surface area contributed by atoms with Crippen molar-refractivity contribution >= 4 is 44.5 Å². The number of hydrogen-bond acceptors (Lipinski definition) is 7. The Kier molecular flexibility index (Phi) is 8.59. The Morgan fingerprint density at radius 3 is 2.50 bits per heavy atom. The van der Waals surface area contributed by atoms with Crippen molar-refractivity contribution in [3.05, 3.63) is 94.6 Å². The monoisotopic (exact) mass is 693 g/mol. The number of fused-ring (bicyclic) bond motifs is 5. The number of allylic oxidation sites excluding steroid dienone is 1. The lowest BCUT2D eigenvalue weighted by atomic mass is 9.81. The minimum absolute atomic E-state index is 0.0447. The van der Waals surface area contributed by atoms with Gasteiger partial charge in [-0.1, -0.05) is 25.3 Å². The molecule has 50 heavy (non-hydrogen) atoms. The summed E-state index contributed by atoms with van der Waals surface area (Å²) < 4.78 is 37.0. The summed E-state index contributed by atoms with van der Waals surface area (Å²) in [4.78, 5) is 30.4. The van der Waals surface area contributed by atoms with Crippen molar-refractivity contribution in [3.63, 3.8) is 0 Å². The summed E-state index contributed by atoms with van der Waals surface area (Å²) >= 11 is 0. The molecule has 0 bridgehead atoms. The summed E-state index contributed by atoms with van der Waals surface area (Å²) in [5.74, 6) is -0.894. The molecule has 0 spiro atoms. The minimum Gasteiger partial charge on any atom is -0.497 e. The quantitative estimate of drug-likeness (QED) is 0.177. The second kappa shape index (κ2) is 12.9. The highest BCUT2D eigenvalue weighted by atomic mass is 32.2. The average Bonchev–Trinajstić information content (AvgIpc) is 3.63. The maximum atomic E-state index is 13.4. The number of ether oxygens (including phenoxy) is 1. The topological polar surface area (TPSA) is 145 Å². The maximum Gasteiger partial charge on any atom is 0.339 e. The number of nitrogens with one attached hydrogen (secondary N) is 1. The van der Waals surface area contributed by atoms with Crippen LogP contribution in [-0.4, -0.2) is 57.1 Å². The van der Waals surface area contributed by atoms with E-state index in [1.54, 1.807) is 42.4 Å². The molecule has 12 heteroatoms. The first-order chi connectivity index (χ1) is 24.0. The first-order valence-corrected chi connectivity index (χ1v) is 18.4. The van der Waals surface area contributed by atoms with E-state index < -0.39 is 27.1 Å². The summed E-state index contributed by atoms with van der Waals surface area (Å²) in [5, 5.41) is 15.2. The van der Waals surface area contributed by atoms with E-state index >= 15 is 0 Å². The van der Waals surface area contributed by atoms with Crippen LogP contribution in [-0.2, 0) is 16.6 Å². The van der Waals surface area contributed by atoms with Gasteiger partial charge < -0.3 is 14.4 Å². The molecule has 0 unspecified atom stereocenters. The van der Waals surface area contributed by atoms with Crippen molar-refractivity contribution in [3.8, 4) is 22.7 Å². The van der Waals surface area contributed by atoms with Crippen LogP contribution in [0.1, 0.15) is 95.0 Å². The summed E-state index contributed by atoms with van der Waals surface area (Å²) in [6, 6.07) is 13.1. The predicted molar refractivity (Wildman–Crippen MR) is 192 cm³/mol. The number of aromatic carboxylic acids is 1. The number of hydrogen-bond donors (Lipinski definition) is 2. The molecule has 4 heterocycles. The van der Waals surface area contributed by atoms with Gasteiger partial charge in [-0.15, -0.1) is 0 Å². The number of amides is 1. The molecule has 2 aliphatic rings. The Morgan fingerprint density at radius 2 is 1.80 bits per heavy atom. The molecule has 0 radical (unpaired) electrons. The van der Waals surface area contributed by atoms with E-state index in [1.165, 1.54) is 32.0 Å². The van der Waals surface area contributed by atoms with Crippen molar-refractivity contribution in [2.24, 2.45) is 0 Å². The van der Waals surface area contributed by atoms with Gasteiger partial charge in [0.1, 0.15) is 11.3 Å². The fraction of sp³-hybridized carbons (Fsp3) is 0.316. The minimum atomic E-state index is -3.86. The summed E-state index contributed by atoms with van der Waals surface area (Å²) in [6.45, 7) is 5.19. The molecular weight excluding hydrogens is 655 g/mol. The Balaban J connectivity index is 1.52. The molecule has 2 N–H and O–H groups in total. The third-order valence-electron chi connectivity index (χ3n) is 9.93. The van der Waals surface area contributed by atoms with Crippen LogP contribution in [0.2, 0.25) is 0 Å². The number of nitrogens with zero attached hydrogens (tertiary/aromatic N) is 4. The summed E-state index contributed by atoms with van der Waals surface area (Å²) in [6.07, 6.45) is 12.2. The molecular formula is C38H39N5O6S. The van der Waals surface area contributed by atoms with Gasteiger partial charge in [0.15, 0.2) is 0 Å². The van der Waals surface area contributed by atoms with Crippen molar-refractivity contribution in [2.75, 3.05) is 7.11 Å². The number of sulfonamides is 1. The molecule has 0 saturated heterocycles.